The zero-order valence-electron chi connectivity index (χ0n) is 13.8. The third kappa shape index (κ3) is 3.92. The second kappa shape index (κ2) is 7.14. The molecule has 0 amide bonds. The molecule has 6 nitrogen and oxygen atoms in total. The molecule has 3 rings (SSSR count). The summed E-state index contributed by atoms with van der Waals surface area (Å²) in [5, 5.41) is 9.36. The summed E-state index contributed by atoms with van der Waals surface area (Å²) in [6.45, 7) is 4.68. The molecule has 2 heterocycles. The standard InChI is InChI=1S/C16H21N3O3S2/c1-3-19-15(12(2)22-13-7-5-4-6-8-13)17-18-16(19)23-14-9-10-24(20,21)11-14/h4-8,12,14H,3,9-11H2,1-2H3. The molecule has 0 saturated carbocycles. The largest absolute Gasteiger partial charge is 0.483 e. The predicted octanol–water partition coefficient (Wildman–Crippen LogP) is 2.72. The minimum Gasteiger partial charge on any atom is -0.483 e. The van der Waals surface area contributed by atoms with Crippen molar-refractivity contribution in [3.05, 3.63) is 36.2 Å². The van der Waals surface area contributed by atoms with Gasteiger partial charge in [0.25, 0.3) is 0 Å². The van der Waals surface area contributed by atoms with Crippen molar-refractivity contribution in [2.24, 2.45) is 0 Å². The minimum atomic E-state index is -2.89. The first-order valence-electron chi connectivity index (χ1n) is 8.00. The molecule has 0 radical (unpaired) electrons. The molecule has 2 unspecified atom stereocenters. The van der Waals surface area contributed by atoms with E-state index in [0.717, 1.165) is 16.7 Å². The van der Waals surface area contributed by atoms with Crippen molar-refractivity contribution < 1.29 is 13.2 Å². The van der Waals surface area contributed by atoms with Crippen LogP contribution in [0.25, 0.3) is 0 Å². The first-order chi connectivity index (χ1) is 11.5. The summed E-state index contributed by atoms with van der Waals surface area (Å²) in [6.07, 6.45) is 0.441. The van der Waals surface area contributed by atoms with E-state index >= 15 is 0 Å². The highest BCUT2D eigenvalue weighted by atomic mass is 32.2. The van der Waals surface area contributed by atoms with E-state index in [4.69, 9.17) is 4.74 Å². The van der Waals surface area contributed by atoms with Crippen LogP contribution >= 0.6 is 11.8 Å². The van der Waals surface area contributed by atoms with Gasteiger partial charge in [-0.05, 0) is 32.4 Å². The Morgan fingerprint density at radius 1 is 1.33 bits per heavy atom. The Morgan fingerprint density at radius 2 is 2.08 bits per heavy atom. The summed E-state index contributed by atoms with van der Waals surface area (Å²) in [7, 11) is -2.89. The normalized spacial score (nSPS) is 20.8. The highest BCUT2D eigenvalue weighted by Crippen LogP contribution is 2.31. The maximum atomic E-state index is 11.6. The first-order valence-corrected chi connectivity index (χ1v) is 10.7. The summed E-state index contributed by atoms with van der Waals surface area (Å²) < 4.78 is 31.2. The molecular formula is C16H21N3O3S2. The van der Waals surface area contributed by atoms with E-state index in [-0.39, 0.29) is 22.9 Å². The van der Waals surface area contributed by atoms with Gasteiger partial charge in [0.2, 0.25) is 0 Å². The topological polar surface area (TPSA) is 74.1 Å². The highest BCUT2D eigenvalue weighted by molar-refractivity contribution is 8.01. The van der Waals surface area contributed by atoms with Gasteiger partial charge < -0.3 is 9.30 Å². The molecule has 1 fully saturated rings. The Morgan fingerprint density at radius 3 is 2.71 bits per heavy atom. The van der Waals surface area contributed by atoms with Gasteiger partial charge in [-0.3, -0.25) is 0 Å². The number of hydrogen-bond donors (Lipinski definition) is 0. The number of thioether (sulfide) groups is 1. The van der Waals surface area contributed by atoms with Gasteiger partial charge in [0.05, 0.1) is 11.5 Å². The Kier molecular flexibility index (Phi) is 5.15. The smallest absolute Gasteiger partial charge is 0.191 e. The highest BCUT2D eigenvalue weighted by Gasteiger charge is 2.30. The van der Waals surface area contributed by atoms with Crippen molar-refractivity contribution in [3.63, 3.8) is 0 Å². The number of benzene rings is 1. The van der Waals surface area contributed by atoms with Gasteiger partial charge in [-0.15, -0.1) is 10.2 Å². The van der Waals surface area contributed by atoms with Gasteiger partial charge in [-0.2, -0.15) is 0 Å². The van der Waals surface area contributed by atoms with Crippen molar-refractivity contribution >= 4 is 21.6 Å². The van der Waals surface area contributed by atoms with Crippen LogP contribution in [0.2, 0.25) is 0 Å². The van der Waals surface area contributed by atoms with Crippen LogP contribution in [0.5, 0.6) is 5.75 Å². The fourth-order valence-electron chi connectivity index (χ4n) is 2.74. The second-order valence-corrected chi connectivity index (χ2v) is 9.30. The summed E-state index contributed by atoms with van der Waals surface area (Å²) in [5.74, 6) is 2.03. The lowest BCUT2D eigenvalue weighted by molar-refractivity contribution is 0.210. The summed E-state index contributed by atoms with van der Waals surface area (Å²) in [6, 6.07) is 9.60. The molecule has 1 aromatic heterocycles. The maximum Gasteiger partial charge on any atom is 0.191 e. The molecule has 2 aromatic rings. The Balaban J connectivity index is 1.74. The molecule has 130 valence electrons. The molecule has 8 heteroatoms. The fourth-order valence-corrected chi connectivity index (χ4v) is 6.30. The van der Waals surface area contributed by atoms with Crippen LogP contribution < -0.4 is 4.74 Å². The Labute approximate surface area is 146 Å². The van der Waals surface area contributed by atoms with Gasteiger partial charge in [-0.1, -0.05) is 30.0 Å². The van der Waals surface area contributed by atoms with E-state index in [0.29, 0.717) is 13.0 Å². The molecule has 1 aliphatic rings. The third-order valence-electron chi connectivity index (χ3n) is 3.94. The summed E-state index contributed by atoms with van der Waals surface area (Å²) in [4.78, 5) is 0. The fraction of sp³-hybridized carbons (Fsp3) is 0.500. The van der Waals surface area contributed by atoms with Crippen LogP contribution in [-0.4, -0.2) is 39.9 Å². The number of sulfone groups is 1. The molecule has 24 heavy (non-hydrogen) atoms. The first kappa shape index (κ1) is 17.3. The van der Waals surface area contributed by atoms with Gasteiger partial charge >= 0.3 is 0 Å². The Bertz CT molecular complexity index is 790. The average molecular weight is 367 g/mol. The van der Waals surface area contributed by atoms with Crippen molar-refractivity contribution in [1.29, 1.82) is 0 Å². The van der Waals surface area contributed by atoms with E-state index in [1.807, 2.05) is 48.7 Å². The van der Waals surface area contributed by atoms with E-state index in [1.54, 1.807) is 0 Å². The van der Waals surface area contributed by atoms with Crippen LogP contribution in [0.15, 0.2) is 35.5 Å². The molecule has 0 aliphatic carbocycles. The van der Waals surface area contributed by atoms with E-state index in [2.05, 4.69) is 10.2 Å². The van der Waals surface area contributed by atoms with E-state index in [1.165, 1.54) is 11.8 Å². The third-order valence-corrected chi connectivity index (χ3v) is 7.17. The summed E-state index contributed by atoms with van der Waals surface area (Å²) >= 11 is 1.50. The molecule has 0 bridgehead atoms. The number of rotatable bonds is 6. The number of ether oxygens (including phenoxy) is 1. The van der Waals surface area contributed by atoms with Gasteiger partial charge in [0.1, 0.15) is 5.75 Å². The zero-order valence-corrected chi connectivity index (χ0v) is 15.4. The average Bonchev–Trinajstić information content (AvgIpc) is 3.11. The second-order valence-electron chi connectivity index (χ2n) is 5.80. The number of para-hydroxylation sites is 1. The minimum absolute atomic E-state index is 0.0581. The van der Waals surface area contributed by atoms with Crippen molar-refractivity contribution in [1.82, 2.24) is 14.8 Å². The lowest BCUT2D eigenvalue weighted by atomic mass is 10.3. The molecule has 1 aromatic carbocycles. The SMILES string of the molecule is CCn1c(SC2CCS(=O)(=O)C2)nnc1C(C)Oc1ccccc1. The monoisotopic (exact) mass is 367 g/mol. The molecule has 1 aliphatic heterocycles. The van der Waals surface area contributed by atoms with Crippen molar-refractivity contribution in [3.8, 4) is 5.75 Å². The van der Waals surface area contributed by atoms with E-state index < -0.39 is 9.84 Å². The molecule has 2 atom stereocenters. The molecule has 1 saturated heterocycles. The number of hydrogen-bond acceptors (Lipinski definition) is 6. The lowest BCUT2D eigenvalue weighted by Gasteiger charge is -2.16. The quantitative estimate of drug-likeness (QED) is 0.781. The van der Waals surface area contributed by atoms with E-state index in [9.17, 15) is 8.42 Å². The van der Waals surface area contributed by atoms with Crippen LogP contribution in [0.1, 0.15) is 32.2 Å². The molecular weight excluding hydrogens is 346 g/mol. The van der Waals surface area contributed by atoms with Crippen LogP contribution in [0, 0.1) is 0 Å². The van der Waals surface area contributed by atoms with Crippen LogP contribution in [0.3, 0.4) is 0 Å². The number of aromatic nitrogens is 3. The number of nitrogens with zero attached hydrogens (tertiary/aromatic N) is 3. The summed E-state index contributed by atoms with van der Waals surface area (Å²) in [5.41, 5.74) is 0. The van der Waals surface area contributed by atoms with Gasteiger partial charge in [0, 0.05) is 11.8 Å². The van der Waals surface area contributed by atoms with Crippen LogP contribution in [-0.2, 0) is 16.4 Å². The van der Waals surface area contributed by atoms with Crippen LogP contribution in [0.4, 0.5) is 0 Å². The zero-order chi connectivity index (χ0) is 17.2. The molecule has 0 spiro atoms. The predicted molar refractivity (Wildman–Crippen MR) is 94.1 cm³/mol. The Hall–Kier alpha value is -1.54. The van der Waals surface area contributed by atoms with Crippen molar-refractivity contribution in [2.75, 3.05) is 11.5 Å². The maximum absolute atomic E-state index is 11.6. The molecule has 0 N–H and O–H groups in total. The lowest BCUT2D eigenvalue weighted by Crippen LogP contribution is -2.13. The van der Waals surface area contributed by atoms with Crippen molar-refractivity contribution in [2.45, 2.75) is 43.3 Å². The van der Waals surface area contributed by atoms with Gasteiger partial charge in [-0.25, -0.2) is 8.42 Å². The van der Waals surface area contributed by atoms with Gasteiger partial charge in [0.15, 0.2) is 26.9 Å².